The standard InChI is InChI=1S/C12H20N2O4/c1-7(2)17-12-9(6-10(15)18-12)14-11(16)8-4-3-5-13-8/h7-9,12-13H,3-6H2,1-2H3,(H,14,16)/t8-,9-,12+/m0/s1. The summed E-state index contributed by atoms with van der Waals surface area (Å²) in [6.07, 6.45) is 1.30. The topological polar surface area (TPSA) is 76.7 Å². The van der Waals surface area contributed by atoms with E-state index in [2.05, 4.69) is 10.6 Å². The van der Waals surface area contributed by atoms with Crippen molar-refractivity contribution in [3.63, 3.8) is 0 Å². The molecule has 0 unspecified atom stereocenters. The number of carbonyl (C=O) groups excluding carboxylic acids is 2. The highest BCUT2D eigenvalue weighted by atomic mass is 16.7. The second kappa shape index (κ2) is 5.67. The summed E-state index contributed by atoms with van der Waals surface area (Å²) in [5.41, 5.74) is 0. The molecule has 6 nitrogen and oxygen atoms in total. The molecule has 2 N–H and O–H groups in total. The van der Waals surface area contributed by atoms with Gasteiger partial charge in [0, 0.05) is 0 Å². The molecule has 0 aromatic carbocycles. The van der Waals surface area contributed by atoms with E-state index in [1.165, 1.54) is 0 Å². The summed E-state index contributed by atoms with van der Waals surface area (Å²) >= 11 is 0. The molecule has 2 aliphatic rings. The van der Waals surface area contributed by atoms with E-state index < -0.39 is 6.29 Å². The maximum absolute atomic E-state index is 11.9. The number of carbonyl (C=O) groups is 2. The fourth-order valence-electron chi connectivity index (χ4n) is 2.24. The Bertz CT molecular complexity index is 326. The lowest BCUT2D eigenvalue weighted by Crippen LogP contribution is -2.48. The van der Waals surface area contributed by atoms with E-state index in [1.54, 1.807) is 0 Å². The molecule has 18 heavy (non-hydrogen) atoms. The Hall–Kier alpha value is -1.14. The average molecular weight is 256 g/mol. The van der Waals surface area contributed by atoms with Crippen LogP contribution < -0.4 is 10.6 Å². The van der Waals surface area contributed by atoms with E-state index in [-0.39, 0.29) is 36.5 Å². The van der Waals surface area contributed by atoms with Crippen molar-refractivity contribution in [2.75, 3.05) is 6.54 Å². The van der Waals surface area contributed by atoms with Crippen LogP contribution in [-0.4, -0.2) is 42.9 Å². The third-order valence-electron chi connectivity index (χ3n) is 3.07. The van der Waals surface area contributed by atoms with Crippen LogP contribution in [-0.2, 0) is 19.1 Å². The zero-order chi connectivity index (χ0) is 13.1. The minimum absolute atomic E-state index is 0.0510. The Morgan fingerprint density at radius 2 is 2.33 bits per heavy atom. The second-order valence-electron chi connectivity index (χ2n) is 5.01. The van der Waals surface area contributed by atoms with Crippen LogP contribution >= 0.6 is 0 Å². The van der Waals surface area contributed by atoms with Crippen molar-refractivity contribution in [3.05, 3.63) is 0 Å². The van der Waals surface area contributed by atoms with Crippen LogP contribution in [0.2, 0.25) is 0 Å². The normalized spacial score (nSPS) is 31.7. The highest BCUT2D eigenvalue weighted by Crippen LogP contribution is 2.18. The van der Waals surface area contributed by atoms with Gasteiger partial charge in [-0.25, -0.2) is 0 Å². The lowest BCUT2D eigenvalue weighted by atomic mass is 10.1. The van der Waals surface area contributed by atoms with Crippen molar-refractivity contribution in [1.82, 2.24) is 10.6 Å². The van der Waals surface area contributed by atoms with E-state index >= 15 is 0 Å². The first-order valence-corrected chi connectivity index (χ1v) is 6.45. The Morgan fingerprint density at radius 1 is 1.56 bits per heavy atom. The minimum Gasteiger partial charge on any atom is -0.433 e. The monoisotopic (exact) mass is 256 g/mol. The fraction of sp³-hybridized carbons (Fsp3) is 0.833. The van der Waals surface area contributed by atoms with Gasteiger partial charge in [0.1, 0.15) is 6.04 Å². The Kier molecular flexibility index (Phi) is 4.19. The predicted octanol–water partition coefficient (Wildman–Crippen LogP) is -0.0788. The van der Waals surface area contributed by atoms with Gasteiger partial charge in [-0.3, -0.25) is 9.59 Å². The molecule has 0 spiro atoms. The second-order valence-corrected chi connectivity index (χ2v) is 5.01. The van der Waals surface area contributed by atoms with Crippen molar-refractivity contribution >= 4 is 11.9 Å². The van der Waals surface area contributed by atoms with Gasteiger partial charge in [0.25, 0.3) is 0 Å². The molecule has 0 radical (unpaired) electrons. The van der Waals surface area contributed by atoms with Crippen LogP contribution in [0.5, 0.6) is 0 Å². The lowest BCUT2D eigenvalue weighted by Gasteiger charge is -2.22. The van der Waals surface area contributed by atoms with E-state index in [0.29, 0.717) is 0 Å². The Morgan fingerprint density at radius 3 is 2.94 bits per heavy atom. The summed E-state index contributed by atoms with van der Waals surface area (Å²) in [5, 5.41) is 5.95. The van der Waals surface area contributed by atoms with Crippen molar-refractivity contribution in [2.24, 2.45) is 0 Å². The predicted molar refractivity (Wildman–Crippen MR) is 63.7 cm³/mol. The van der Waals surface area contributed by atoms with Crippen molar-refractivity contribution in [1.29, 1.82) is 0 Å². The number of amides is 1. The van der Waals surface area contributed by atoms with Crippen LogP contribution in [0.15, 0.2) is 0 Å². The SMILES string of the molecule is CC(C)O[C@@H]1OC(=O)C[C@@H]1NC(=O)[C@@H]1CCCN1. The van der Waals surface area contributed by atoms with Gasteiger partial charge >= 0.3 is 5.97 Å². The number of esters is 1. The van der Waals surface area contributed by atoms with E-state index in [0.717, 1.165) is 19.4 Å². The zero-order valence-electron chi connectivity index (χ0n) is 10.8. The molecule has 0 aromatic heterocycles. The molecule has 2 aliphatic heterocycles. The van der Waals surface area contributed by atoms with Crippen LogP contribution in [0.25, 0.3) is 0 Å². The number of nitrogens with one attached hydrogen (secondary N) is 2. The first kappa shape index (κ1) is 13.3. The van der Waals surface area contributed by atoms with Gasteiger partial charge in [0.05, 0.1) is 18.6 Å². The number of rotatable bonds is 4. The molecule has 0 bridgehead atoms. The number of ether oxygens (including phenoxy) is 2. The molecule has 6 heteroatoms. The van der Waals surface area contributed by atoms with Crippen molar-refractivity contribution in [2.45, 2.75) is 57.6 Å². The molecule has 2 fully saturated rings. The number of cyclic esters (lactones) is 1. The van der Waals surface area contributed by atoms with Gasteiger partial charge < -0.3 is 20.1 Å². The van der Waals surface area contributed by atoms with Crippen LogP contribution in [0.3, 0.4) is 0 Å². The highest BCUT2D eigenvalue weighted by molar-refractivity contribution is 5.83. The fourth-order valence-corrected chi connectivity index (χ4v) is 2.24. The van der Waals surface area contributed by atoms with Gasteiger partial charge in [0.15, 0.2) is 0 Å². The first-order valence-electron chi connectivity index (χ1n) is 6.45. The van der Waals surface area contributed by atoms with Gasteiger partial charge in [0.2, 0.25) is 12.2 Å². The molecular weight excluding hydrogens is 236 g/mol. The quantitative estimate of drug-likeness (QED) is 0.688. The summed E-state index contributed by atoms with van der Waals surface area (Å²) in [6.45, 7) is 4.59. The molecule has 2 heterocycles. The minimum atomic E-state index is -0.664. The smallest absolute Gasteiger partial charge is 0.310 e. The summed E-state index contributed by atoms with van der Waals surface area (Å²) < 4.78 is 10.5. The zero-order valence-corrected chi connectivity index (χ0v) is 10.8. The maximum Gasteiger partial charge on any atom is 0.310 e. The summed E-state index contributed by atoms with van der Waals surface area (Å²) in [7, 11) is 0. The summed E-state index contributed by atoms with van der Waals surface area (Å²) in [4.78, 5) is 23.2. The molecule has 1 amide bonds. The van der Waals surface area contributed by atoms with Gasteiger partial charge in [-0.05, 0) is 33.2 Å². The largest absolute Gasteiger partial charge is 0.433 e. The molecule has 2 rings (SSSR count). The van der Waals surface area contributed by atoms with Gasteiger partial charge in [-0.2, -0.15) is 0 Å². The number of hydrogen-bond donors (Lipinski definition) is 2. The van der Waals surface area contributed by atoms with E-state index in [4.69, 9.17) is 9.47 Å². The summed E-state index contributed by atoms with van der Waals surface area (Å²) in [6, 6.07) is -0.532. The first-order chi connectivity index (χ1) is 8.56. The number of hydrogen-bond acceptors (Lipinski definition) is 5. The lowest BCUT2D eigenvalue weighted by molar-refractivity contribution is -0.173. The average Bonchev–Trinajstić information content (AvgIpc) is 2.88. The van der Waals surface area contributed by atoms with E-state index in [9.17, 15) is 9.59 Å². The molecule has 3 atom stereocenters. The van der Waals surface area contributed by atoms with Crippen molar-refractivity contribution in [3.8, 4) is 0 Å². The molecule has 102 valence electrons. The molecule has 0 aromatic rings. The molecule has 0 saturated carbocycles. The maximum atomic E-state index is 11.9. The van der Waals surface area contributed by atoms with Crippen LogP contribution in [0.1, 0.15) is 33.1 Å². The van der Waals surface area contributed by atoms with E-state index in [1.807, 2.05) is 13.8 Å². The Balaban J connectivity index is 1.89. The third kappa shape index (κ3) is 3.20. The molecular formula is C12H20N2O4. The van der Waals surface area contributed by atoms with Crippen LogP contribution in [0.4, 0.5) is 0 Å². The van der Waals surface area contributed by atoms with Crippen LogP contribution in [0, 0.1) is 0 Å². The summed E-state index contributed by atoms with van der Waals surface area (Å²) in [5.74, 6) is -0.404. The third-order valence-corrected chi connectivity index (χ3v) is 3.07. The Labute approximate surface area is 106 Å². The molecule has 0 aliphatic carbocycles. The van der Waals surface area contributed by atoms with Crippen molar-refractivity contribution < 1.29 is 19.1 Å². The van der Waals surface area contributed by atoms with Gasteiger partial charge in [-0.15, -0.1) is 0 Å². The highest BCUT2D eigenvalue weighted by Gasteiger charge is 2.38. The van der Waals surface area contributed by atoms with Gasteiger partial charge in [-0.1, -0.05) is 0 Å². The molecule has 2 saturated heterocycles.